The van der Waals surface area contributed by atoms with E-state index in [9.17, 15) is 4.79 Å². The van der Waals surface area contributed by atoms with Gasteiger partial charge in [-0.25, -0.2) is 0 Å². The number of rotatable bonds is 6. The molecule has 3 rings (SSSR count). The normalized spacial score (nSPS) is 10.6. The number of carbonyl (C=O) groups is 1. The molecule has 2 aromatic carbocycles. The number of carbonyl (C=O) groups excluding carboxylic acids is 1. The zero-order valence-electron chi connectivity index (χ0n) is 12.9. The molecular weight excluding hydrogens is 302 g/mol. The molecule has 0 atom stereocenters. The summed E-state index contributed by atoms with van der Waals surface area (Å²) in [7, 11) is 0. The summed E-state index contributed by atoms with van der Waals surface area (Å²) in [5, 5.41) is 6.52. The van der Waals surface area contributed by atoms with Crippen LogP contribution in [0.25, 0.3) is 10.1 Å². The Bertz CT molecular complexity index is 820. The SMILES string of the molecule is C=CCc1cccc2scc(CCNC(=O)c3ccccc3)c12. The first-order valence-corrected chi connectivity index (χ1v) is 8.59. The van der Waals surface area contributed by atoms with Crippen molar-refractivity contribution in [2.24, 2.45) is 0 Å². The second-order valence-corrected chi connectivity index (χ2v) is 6.33. The van der Waals surface area contributed by atoms with Crippen molar-refractivity contribution in [1.29, 1.82) is 0 Å². The number of hydrogen-bond donors (Lipinski definition) is 1. The summed E-state index contributed by atoms with van der Waals surface area (Å²) in [4.78, 5) is 12.1. The van der Waals surface area contributed by atoms with Gasteiger partial charge in [0, 0.05) is 16.8 Å². The summed E-state index contributed by atoms with van der Waals surface area (Å²) >= 11 is 1.76. The minimum Gasteiger partial charge on any atom is -0.352 e. The second kappa shape index (κ2) is 7.25. The van der Waals surface area contributed by atoms with Crippen LogP contribution >= 0.6 is 11.3 Å². The fraction of sp³-hybridized carbons (Fsp3) is 0.150. The molecule has 0 aliphatic rings. The molecule has 116 valence electrons. The Morgan fingerprint density at radius 1 is 1.09 bits per heavy atom. The van der Waals surface area contributed by atoms with Crippen LogP contribution in [0.2, 0.25) is 0 Å². The van der Waals surface area contributed by atoms with Crippen LogP contribution in [0.15, 0.2) is 66.6 Å². The van der Waals surface area contributed by atoms with E-state index in [4.69, 9.17) is 0 Å². The van der Waals surface area contributed by atoms with Crippen molar-refractivity contribution in [3.05, 3.63) is 83.3 Å². The fourth-order valence-corrected chi connectivity index (χ4v) is 3.79. The Balaban J connectivity index is 1.70. The first kappa shape index (κ1) is 15.5. The third-order valence-corrected chi connectivity index (χ3v) is 4.84. The van der Waals surface area contributed by atoms with Crippen molar-refractivity contribution in [1.82, 2.24) is 5.32 Å². The van der Waals surface area contributed by atoms with Gasteiger partial charge >= 0.3 is 0 Å². The highest BCUT2D eigenvalue weighted by atomic mass is 32.1. The summed E-state index contributed by atoms with van der Waals surface area (Å²) < 4.78 is 1.30. The lowest BCUT2D eigenvalue weighted by atomic mass is 10.0. The number of hydrogen-bond acceptors (Lipinski definition) is 2. The van der Waals surface area contributed by atoms with Crippen LogP contribution < -0.4 is 5.32 Å². The van der Waals surface area contributed by atoms with Crippen LogP contribution in [-0.4, -0.2) is 12.5 Å². The maximum absolute atomic E-state index is 12.1. The highest BCUT2D eigenvalue weighted by Gasteiger charge is 2.09. The molecule has 1 aromatic heterocycles. The molecule has 0 unspecified atom stereocenters. The Hall–Kier alpha value is -2.39. The molecule has 1 N–H and O–H groups in total. The van der Waals surface area contributed by atoms with Gasteiger partial charge in [-0.05, 0) is 52.9 Å². The Morgan fingerprint density at radius 3 is 2.70 bits per heavy atom. The first-order valence-electron chi connectivity index (χ1n) is 7.71. The van der Waals surface area contributed by atoms with Gasteiger partial charge < -0.3 is 5.32 Å². The summed E-state index contributed by atoms with van der Waals surface area (Å²) in [6.45, 7) is 4.48. The van der Waals surface area contributed by atoms with Gasteiger partial charge in [-0.15, -0.1) is 17.9 Å². The minimum atomic E-state index is -0.0172. The predicted octanol–water partition coefficient (Wildman–Crippen LogP) is 4.60. The Labute approximate surface area is 140 Å². The molecule has 1 amide bonds. The lowest BCUT2D eigenvalue weighted by molar-refractivity contribution is 0.0954. The van der Waals surface area contributed by atoms with E-state index in [1.165, 1.54) is 21.2 Å². The Kier molecular flexibility index (Phi) is 4.89. The molecule has 3 heteroatoms. The van der Waals surface area contributed by atoms with Crippen molar-refractivity contribution < 1.29 is 4.79 Å². The maximum Gasteiger partial charge on any atom is 0.251 e. The smallest absolute Gasteiger partial charge is 0.251 e. The molecule has 1 heterocycles. The Morgan fingerprint density at radius 2 is 1.91 bits per heavy atom. The molecule has 23 heavy (non-hydrogen) atoms. The van der Waals surface area contributed by atoms with Gasteiger partial charge in [-0.1, -0.05) is 36.4 Å². The molecule has 0 aliphatic heterocycles. The standard InChI is InChI=1S/C20H19NOS/c1-2-7-15-10-6-11-18-19(15)17(14-23-18)12-13-21-20(22)16-8-4-3-5-9-16/h2-6,8-11,14H,1,7,12-13H2,(H,21,22). The van der Waals surface area contributed by atoms with Gasteiger partial charge in [0.15, 0.2) is 0 Å². The highest BCUT2D eigenvalue weighted by molar-refractivity contribution is 7.17. The van der Waals surface area contributed by atoms with Crippen LogP contribution in [0.4, 0.5) is 0 Å². The number of thiophene rings is 1. The van der Waals surface area contributed by atoms with Crippen molar-refractivity contribution in [3.63, 3.8) is 0 Å². The van der Waals surface area contributed by atoms with Gasteiger partial charge in [0.2, 0.25) is 0 Å². The monoisotopic (exact) mass is 321 g/mol. The van der Waals surface area contributed by atoms with E-state index in [1.54, 1.807) is 11.3 Å². The van der Waals surface area contributed by atoms with E-state index < -0.39 is 0 Å². The van der Waals surface area contributed by atoms with E-state index in [0.29, 0.717) is 12.1 Å². The number of allylic oxidation sites excluding steroid dienone is 1. The fourth-order valence-electron chi connectivity index (χ4n) is 2.74. The van der Waals surface area contributed by atoms with Crippen molar-refractivity contribution in [2.75, 3.05) is 6.54 Å². The van der Waals surface area contributed by atoms with Crippen molar-refractivity contribution in [3.8, 4) is 0 Å². The van der Waals surface area contributed by atoms with E-state index in [-0.39, 0.29) is 5.91 Å². The molecule has 0 aliphatic carbocycles. The quantitative estimate of drug-likeness (QED) is 0.660. The number of benzene rings is 2. The summed E-state index contributed by atoms with van der Waals surface area (Å²) in [6.07, 6.45) is 3.65. The van der Waals surface area contributed by atoms with Crippen LogP contribution in [0, 0.1) is 0 Å². The van der Waals surface area contributed by atoms with Crippen molar-refractivity contribution >= 4 is 27.3 Å². The van der Waals surface area contributed by atoms with E-state index >= 15 is 0 Å². The highest BCUT2D eigenvalue weighted by Crippen LogP contribution is 2.29. The molecule has 0 bridgehead atoms. The molecule has 0 spiro atoms. The van der Waals surface area contributed by atoms with Crippen LogP contribution in [0.3, 0.4) is 0 Å². The molecule has 2 nitrogen and oxygen atoms in total. The molecular formula is C20H19NOS. The first-order chi connectivity index (χ1) is 11.3. The summed E-state index contributed by atoms with van der Waals surface area (Å²) in [5.41, 5.74) is 3.31. The largest absolute Gasteiger partial charge is 0.352 e. The lowest BCUT2D eigenvalue weighted by Crippen LogP contribution is -2.25. The van der Waals surface area contributed by atoms with Crippen LogP contribution in [0.5, 0.6) is 0 Å². The van der Waals surface area contributed by atoms with Gasteiger partial charge in [-0.2, -0.15) is 0 Å². The third-order valence-electron chi connectivity index (χ3n) is 3.84. The third kappa shape index (κ3) is 3.51. The average molecular weight is 321 g/mol. The van der Waals surface area contributed by atoms with Gasteiger partial charge in [0.1, 0.15) is 0 Å². The molecule has 0 radical (unpaired) electrons. The summed E-state index contributed by atoms with van der Waals surface area (Å²) in [5.74, 6) is -0.0172. The second-order valence-electron chi connectivity index (χ2n) is 5.42. The number of nitrogens with one attached hydrogen (secondary N) is 1. The van der Waals surface area contributed by atoms with Gasteiger partial charge in [-0.3, -0.25) is 4.79 Å². The van der Waals surface area contributed by atoms with Gasteiger partial charge in [0.25, 0.3) is 5.91 Å². The van der Waals surface area contributed by atoms with Crippen LogP contribution in [0.1, 0.15) is 21.5 Å². The predicted molar refractivity (Wildman–Crippen MR) is 98.2 cm³/mol. The van der Waals surface area contributed by atoms with Crippen molar-refractivity contribution in [2.45, 2.75) is 12.8 Å². The van der Waals surface area contributed by atoms with Gasteiger partial charge in [0.05, 0.1) is 0 Å². The zero-order valence-corrected chi connectivity index (χ0v) is 13.7. The van der Waals surface area contributed by atoms with E-state index in [0.717, 1.165) is 12.8 Å². The number of fused-ring (bicyclic) bond motifs is 1. The molecule has 0 saturated heterocycles. The lowest BCUT2D eigenvalue weighted by Gasteiger charge is -2.07. The summed E-state index contributed by atoms with van der Waals surface area (Å²) in [6, 6.07) is 15.7. The maximum atomic E-state index is 12.1. The number of amides is 1. The van der Waals surface area contributed by atoms with E-state index in [1.807, 2.05) is 36.4 Å². The molecule has 0 fully saturated rings. The molecule has 3 aromatic rings. The molecule has 0 saturated carbocycles. The topological polar surface area (TPSA) is 29.1 Å². The zero-order chi connectivity index (χ0) is 16.1. The minimum absolute atomic E-state index is 0.0172. The average Bonchev–Trinajstić information content (AvgIpc) is 3.00. The van der Waals surface area contributed by atoms with Crippen LogP contribution in [-0.2, 0) is 12.8 Å². The van der Waals surface area contributed by atoms with E-state index in [2.05, 4.69) is 35.5 Å².